The maximum absolute atomic E-state index is 13.2. The van der Waals surface area contributed by atoms with Gasteiger partial charge in [-0.25, -0.2) is 13.4 Å². The molecule has 10 heteroatoms. The van der Waals surface area contributed by atoms with Crippen LogP contribution in [0.25, 0.3) is 0 Å². The Bertz CT molecular complexity index is 1070. The Morgan fingerprint density at radius 2 is 1.72 bits per heavy atom. The number of rotatable bonds is 5. The van der Waals surface area contributed by atoms with Crippen molar-refractivity contribution in [2.75, 3.05) is 49.6 Å². The lowest BCUT2D eigenvalue weighted by atomic mass is 10.2. The number of anilines is 2. The third-order valence-electron chi connectivity index (χ3n) is 5.76. The van der Waals surface area contributed by atoms with E-state index in [2.05, 4.69) is 15.2 Å². The molecule has 2 aliphatic heterocycles. The van der Waals surface area contributed by atoms with Gasteiger partial charge in [-0.1, -0.05) is 24.4 Å². The van der Waals surface area contributed by atoms with Gasteiger partial charge in [0.2, 0.25) is 10.0 Å². The summed E-state index contributed by atoms with van der Waals surface area (Å²) in [7, 11) is -3.69. The van der Waals surface area contributed by atoms with Crippen molar-refractivity contribution < 1.29 is 17.9 Å². The van der Waals surface area contributed by atoms with Crippen LogP contribution in [-0.4, -0.2) is 63.0 Å². The predicted molar refractivity (Wildman–Crippen MR) is 124 cm³/mol. The summed E-state index contributed by atoms with van der Waals surface area (Å²) < 4.78 is 33.1. The maximum Gasteiger partial charge on any atom is 0.255 e. The summed E-state index contributed by atoms with van der Waals surface area (Å²) >= 11 is 5.94. The van der Waals surface area contributed by atoms with E-state index in [0.717, 1.165) is 44.5 Å². The number of pyridine rings is 1. The first-order valence-corrected chi connectivity index (χ1v) is 12.7. The van der Waals surface area contributed by atoms with Gasteiger partial charge in [0.25, 0.3) is 5.91 Å². The SMILES string of the molecule is O=C(Nc1cc(S(=O)(=O)N2CCOCC2)ccc1N1CCCCCC1)c1ccnc(Cl)c1. The van der Waals surface area contributed by atoms with Crippen LogP contribution in [0, 0.1) is 0 Å². The number of halogens is 1. The summed E-state index contributed by atoms with van der Waals surface area (Å²) in [6.45, 7) is 3.09. The molecule has 4 rings (SSSR count). The van der Waals surface area contributed by atoms with Gasteiger partial charge in [0.15, 0.2) is 0 Å². The Balaban J connectivity index is 1.69. The molecule has 0 saturated carbocycles. The first kappa shape index (κ1) is 23.0. The molecule has 2 aromatic rings. The number of nitrogens with zero attached hydrogens (tertiary/aromatic N) is 3. The van der Waals surface area contributed by atoms with Crippen molar-refractivity contribution in [1.82, 2.24) is 9.29 Å². The number of sulfonamides is 1. The molecule has 172 valence electrons. The molecule has 1 N–H and O–H groups in total. The second-order valence-electron chi connectivity index (χ2n) is 7.92. The van der Waals surface area contributed by atoms with Crippen LogP contribution in [0.15, 0.2) is 41.4 Å². The first-order valence-electron chi connectivity index (χ1n) is 10.8. The van der Waals surface area contributed by atoms with Crippen LogP contribution in [0.5, 0.6) is 0 Å². The molecule has 2 fully saturated rings. The standard InChI is InChI=1S/C22H27ClN4O4S/c23-21-15-17(7-8-24-21)22(28)25-19-16-18(32(29,30)27-11-13-31-14-12-27)5-6-20(19)26-9-3-1-2-4-10-26/h5-8,15-16H,1-4,9-14H2,(H,25,28). The van der Waals surface area contributed by atoms with Crippen molar-refractivity contribution in [1.29, 1.82) is 0 Å². The molecule has 1 amide bonds. The zero-order chi connectivity index (χ0) is 22.6. The summed E-state index contributed by atoms with van der Waals surface area (Å²) in [5.74, 6) is -0.369. The molecule has 0 spiro atoms. The third-order valence-corrected chi connectivity index (χ3v) is 7.86. The van der Waals surface area contributed by atoms with Gasteiger partial charge in [-0.2, -0.15) is 4.31 Å². The highest BCUT2D eigenvalue weighted by Gasteiger charge is 2.28. The number of carbonyl (C=O) groups is 1. The molecule has 8 nitrogen and oxygen atoms in total. The van der Waals surface area contributed by atoms with Crippen LogP contribution in [0.2, 0.25) is 5.15 Å². The van der Waals surface area contributed by atoms with Crippen molar-refractivity contribution in [3.05, 3.63) is 47.2 Å². The summed E-state index contributed by atoms with van der Waals surface area (Å²) in [4.78, 5) is 19.2. The Morgan fingerprint density at radius 3 is 2.41 bits per heavy atom. The van der Waals surface area contributed by atoms with E-state index in [0.29, 0.717) is 37.6 Å². The number of aromatic nitrogens is 1. The number of hydrogen-bond donors (Lipinski definition) is 1. The zero-order valence-electron chi connectivity index (χ0n) is 17.8. The fourth-order valence-corrected chi connectivity index (χ4v) is 5.65. The van der Waals surface area contributed by atoms with Crippen molar-refractivity contribution in [2.24, 2.45) is 0 Å². The molecule has 1 aromatic heterocycles. The molecular weight excluding hydrogens is 452 g/mol. The minimum atomic E-state index is -3.69. The van der Waals surface area contributed by atoms with E-state index in [1.165, 1.54) is 16.6 Å². The van der Waals surface area contributed by atoms with Gasteiger partial charge in [-0.3, -0.25) is 4.79 Å². The molecule has 3 heterocycles. The number of hydrogen-bond acceptors (Lipinski definition) is 6. The average molecular weight is 479 g/mol. The summed E-state index contributed by atoms with van der Waals surface area (Å²) in [5.41, 5.74) is 1.65. The van der Waals surface area contributed by atoms with E-state index < -0.39 is 10.0 Å². The van der Waals surface area contributed by atoms with Gasteiger partial charge in [-0.15, -0.1) is 0 Å². The quantitative estimate of drug-likeness (QED) is 0.662. The molecule has 1 aromatic carbocycles. The molecular formula is C22H27ClN4O4S. The van der Waals surface area contributed by atoms with E-state index in [4.69, 9.17) is 16.3 Å². The second kappa shape index (κ2) is 10.2. The van der Waals surface area contributed by atoms with Crippen LogP contribution >= 0.6 is 11.6 Å². The van der Waals surface area contributed by atoms with Crippen LogP contribution in [-0.2, 0) is 14.8 Å². The fraction of sp³-hybridized carbons (Fsp3) is 0.455. The largest absolute Gasteiger partial charge is 0.379 e. The van der Waals surface area contributed by atoms with Gasteiger partial charge < -0.3 is 15.0 Å². The summed E-state index contributed by atoms with van der Waals surface area (Å²) in [6, 6.07) is 8.04. The van der Waals surface area contributed by atoms with Gasteiger partial charge in [-0.05, 0) is 43.2 Å². The Kier molecular flexibility index (Phi) is 7.30. The maximum atomic E-state index is 13.2. The van der Waals surface area contributed by atoms with Gasteiger partial charge in [0.05, 0.1) is 29.5 Å². The molecule has 0 bridgehead atoms. The normalized spacial score (nSPS) is 18.2. The predicted octanol–water partition coefficient (Wildman–Crippen LogP) is 3.39. The molecule has 32 heavy (non-hydrogen) atoms. The summed E-state index contributed by atoms with van der Waals surface area (Å²) in [5, 5.41) is 3.13. The van der Waals surface area contributed by atoms with E-state index in [-0.39, 0.29) is 16.0 Å². The lowest BCUT2D eigenvalue weighted by molar-refractivity contribution is 0.0730. The average Bonchev–Trinajstić information content (AvgIpc) is 3.09. The van der Waals surface area contributed by atoms with Crippen molar-refractivity contribution in [3.63, 3.8) is 0 Å². The Hall–Kier alpha value is -2.20. The molecule has 0 unspecified atom stereocenters. The molecule has 2 aliphatic rings. The van der Waals surface area contributed by atoms with Crippen LogP contribution in [0.1, 0.15) is 36.0 Å². The molecule has 0 aliphatic carbocycles. The number of benzene rings is 1. The lowest BCUT2D eigenvalue weighted by Crippen LogP contribution is -2.40. The first-order chi connectivity index (χ1) is 15.4. The van der Waals surface area contributed by atoms with E-state index in [9.17, 15) is 13.2 Å². The smallest absolute Gasteiger partial charge is 0.255 e. The van der Waals surface area contributed by atoms with Crippen LogP contribution < -0.4 is 10.2 Å². The minimum absolute atomic E-state index is 0.154. The molecule has 0 radical (unpaired) electrons. The van der Waals surface area contributed by atoms with Gasteiger partial charge >= 0.3 is 0 Å². The van der Waals surface area contributed by atoms with Gasteiger partial charge in [0.1, 0.15) is 5.15 Å². The highest BCUT2D eigenvalue weighted by molar-refractivity contribution is 7.89. The number of amides is 1. The fourth-order valence-electron chi connectivity index (χ4n) is 4.04. The van der Waals surface area contributed by atoms with Crippen molar-refractivity contribution in [2.45, 2.75) is 30.6 Å². The van der Waals surface area contributed by atoms with E-state index >= 15 is 0 Å². The molecule has 0 atom stereocenters. The van der Waals surface area contributed by atoms with Crippen LogP contribution in [0.3, 0.4) is 0 Å². The topological polar surface area (TPSA) is 91.8 Å². The van der Waals surface area contributed by atoms with Crippen molar-refractivity contribution in [3.8, 4) is 0 Å². The zero-order valence-corrected chi connectivity index (χ0v) is 19.4. The highest BCUT2D eigenvalue weighted by atomic mass is 35.5. The van der Waals surface area contributed by atoms with E-state index in [1.807, 2.05) is 0 Å². The van der Waals surface area contributed by atoms with Gasteiger partial charge in [0, 0.05) is 37.9 Å². The minimum Gasteiger partial charge on any atom is -0.379 e. The number of morpholine rings is 1. The third kappa shape index (κ3) is 5.23. The Labute approximate surface area is 193 Å². The second-order valence-corrected chi connectivity index (χ2v) is 10.2. The number of nitrogens with one attached hydrogen (secondary N) is 1. The highest BCUT2D eigenvalue weighted by Crippen LogP contribution is 2.32. The number of carbonyl (C=O) groups excluding carboxylic acids is 1. The lowest BCUT2D eigenvalue weighted by Gasteiger charge is -2.28. The monoisotopic (exact) mass is 478 g/mol. The molecule has 2 saturated heterocycles. The van der Waals surface area contributed by atoms with E-state index in [1.54, 1.807) is 24.3 Å². The number of ether oxygens (including phenoxy) is 1. The van der Waals surface area contributed by atoms with Crippen LogP contribution in [0.4, 0.5) is 11.4 Å². The van der Waals surface area contributed by atoms with Crippen molar-refractivity contribution >= 4 is 38.9 Å². The Morgan fingerprint density at radius 1 is 1.00 bits per heavy atom. The summed E-state index contributed by atoms with van der Waals surface area (Å²) in [6.07, 6.45) is 5.91.